The molecule has 1 N–H and O–H groups in total. The minimum atomic E-state index is -0.490. The lowest BCUT2D eigenvalue weighted by Gasteiger charge is -2.14. The lowest BCUT2D eigenvalue weighted by molar-refractivity contribution is 0.524. The van der Waals surface area contributed by atoms with Crippen LogP contribution >= 0.6 is 11.6 Å². The van der Waals surface area contributed by atoms with Gasteiger partial charge in [-0.1, -0.05) is 31.5 Å². The van der Waals surface area contributed by atoms with E-state index in [-0.39, 0.29) is 5.02 Å². The summed E-state index contributed by atoms with van der Waals surface area (Å²) in [5.41, 5.74) is 0.617. The zero-order valence-corrected chi connectivity index (χ0v) is 10.1. The summed E-state index contributed by atoms with van der Waals surface area (Å²) < 4.78 is 12.8. The molecule has 0 amide bonds. The standard InChI is InChI=1S/C12H14ClFN2/c1-8(2)7-16-12(6-15)10-4-3-9(14)5-11(10)13/h3-5,8,12,16H,7H2,1-2H3. The van der Waals surface area contributed by atoms with Crippen LogP contribution in [0.3, 0.4) is 0 Å². The molecule has 4 heteroatoms. The third-order valence-electron chi connectivity index (χ3n) is 2.13. The normalized spacial score (nSPS) is 12.5. The Morgan fingerprint density at radius 2 is 2.19 bits per heavy atom. The molecule has 86 valence electrons. The monoisotopic (exact) mass is 240 g/mol. The van der Waals surface area contributed by atoms with Gasteiger partial charge in [0.15, 0.2) is 0 Å². The van der Waals surface area contributed by atoms with Gasteiger partial charge >= 0.3 is 0 Å². The van der Waals surface area contributed by atoms with E-state index in [0.717, 1.165) is 0 Å². The van der Waals surface area contributed by atoms with E-state index in [9.17, 15) is 4.39 Å². The zero-order chi connectivity index (χ0) is 12.1. The van der Waals surface area contributed by atoms with Crippen molar-refractivity contribution in [3.05, 3.63) is 34.6 Å². The quantitative estimate of drug-likeness (QED) is 0.877. The first-order valence-corrected chi connectivity index (χ1v) is 5.50. The number of hydrogen-bond donors (Lipinski definition) is 1. The molecule has 1 rings (SSSR count). The van der Waals surface area contributed by atoms with Gasteiger partial charge in [0.2, 0.25) is 0 Å². The van der Waals surface area contributed by atoms with Gasteiger partial charge < -0.3 is 0 Å². The van der Waals surface area contributed by atoms with E-state index in [1.165, 1.54) is 12.1 Å². The van der Waals surface area contributed by atoms with Crippen molar-refractivity contribution < 1.29 is 4.39 Å². The van der Waals surface area contributed by atoms with Crippen molar-refractivity contribution in [3.8, 4) is 6.07 Å². The summed E-state index contributed by atoms with van der Waals surface area (Å²) in [5, 5.41) is 12.4. The molecule has 0 spiro atoms. The van der Waals surface area contributed by atoms with Crippen molar-refractivity contribution >= 4 is 11.6 Å². The fourth-order valence-electron chi connectivity index (χ4n) is 1.31. The van der Waals surface area contributed by atoms with Gasteiger partial charge in [0, 0.05) is 10.6 Å². The largest absolute Gasteiger partial charge is 0.298 e. The van der Waals surface area contributed by atoms with Crippen LogP contribution in [0, 0.1) is 23.1 Å². The SMILES string of the molecule is CC(C)CNC(C#N)c1ccc(F)cc1Cl. The first-order valence-electron chi connectivity index (χ1n) is 5.12. The molecule has 1 atom stereocenters. The van der Waals surface area contributed by atoms with Gasteiger partial charge in [-0.2, -0.15) is 5.26 Å². The first-order chi connectivity index (χ1) is 7.54. The second kappa shape index (κ2) is 5.83. The third-order valence-corrected chi connectivity index (χ3v) is 2.46. The number of nitrogens with one attached hydrogen (secondary N) is 1. The molecule has 0 saturated heterocycles. The molecule has 16 heavy (non-hydrogen) atoms. The number of nitriles is 1. The maximum atomic E-state index is 12.8. The molecule has 1 aromatic rings. The van der Waals surface area contributed by atoms with Crippen LogP contribution in [0.5, 0.6) is 0 Å². The zero-order valence-electron chi connectivity index (χ0n) is 9.30. The Kier molecular flexibility index (Phi) is 4.72. The van der Waals surface area contributed by atoms with Crippen LogP contribution in [0.2, 0.25) is 5.02 Å². The number of nitrogens with zero attached hydrogens (tertiary/aromatic N) is 1. The van der Waals surface area contributed by atoms with Crippen molar-refractivity contribution in [2.75, 3.05) is 6.54 Å². The lowest BCUT2D eigenvalue weighted by Crippen LogP contribution is -2.24. The molecular weight excluding hydrogens is 227 g/mol. The summed E-state index contributed by atoms with van der Waals surface area (Å²) >= 11 is 5.89. The van der Waals surface area contributed by atoms with Crippen LogP contribution < -0.4 is 5.32 Å². The summed E-state index contributed by atoms with van der Waals surface area (Å²) in [6.07, 6.45) is 0. The van der Waals surface area contributed by atoms with Crippen LogP contribution in [0.15, 0.2) is 18.2 Å². The Morgan fingerprint density at radius 1 is 1.50 bits per heavy atom. The van der Waals surface area contributed by atoms with Crippen molar-refractivity contribution in [2.24, 2.45) is 5.92 Å². The molecule has 0 aromatic heterocycles. The second-order valence-electron chi connectivity index (χ2n) is 4.03. The highest BCUT2D eigenvalue weighted by Crippen LogP contribution is 2.23. The fraction of sp³-hybridized carbons (Fsp3) is 0.417. The van der Waals surface area contributed by atoms with E-state index in [4.69, 9.17) is 16.9 Å². The van der Waals surface area contributed by atoms with Gasteiger partial charge in [0.25, 0.3) is 0 Å². The molecule has 2 nitrogen and oxygen atoms in total. The summed E-state index contributed by atoms with van der Waals surface area (Å²) in [4.78, 5) is 0. The van der Waals surface area contributed by atoms with E-state index in [0.29, 0.717) is 18.0 Å². The molecule has 0 heterocycles. The highest BCUT2D eigenvalue weighted by Gasteiger charge is 2.14. The van der Waals surface area contributed by atoms with Crippen LogP contribution in [-0.4, -0.2) is 6.54 Å². The molecule has 0 aliphatic carbocycles. The Hall–Kier alpha value is -1.11. The second-order valence-corrected chi connectivity index (χ2v) is 4.44. The molecule has 0 aliphatic rings. The maximum Gasteiger partial charge on any atom is 0.124 e. The molecule has 0 saturated carbocycles. The summed E-state index contributed by atoms with van der Waals surface area (Å²) in [6.45, 7) is 4.81. The van der Waals surface area contributed by atoms with E-state index in [1.54, 1.807) is 6.07 Å². The number of hydrogen-bond acceptors (Lipinski definition) is 2. The molecule has 0 fully saturated rings. The van der Waals surface area contributed by atoms with Crippen LogP contribution in [0.4, 0.5) is 4.39 Å². The lowest BCUT2D eigenvalue weighted by atomic mass is 10.1. The maximum absolute atomic E-state index is 12.8. The van der Waals surface area contributed by atoms with Gasteiger partial charge in [-0.25, -0.2) is 4.39 Å². The third kappa shape index (κ3) is 3.48. The molecule has 1 aromatic carbocycles. The van der Waals surface area contributed by atoms with Crippen LogP contribution in [-0.2, 0) is 0 Å². The van der Waals surface area contributed by atoms with Crippen LogP contribution in [0.1, 0.15) is 25.5 Å². The van der Waals surface area contributed by atoms with E-state index in [2.05, 4.69) is 11.4 Å². The Morgan fingerprint density at radius 3 is 2.69 bits per heavy atom. The van der Waals surface area contributed by atoms with E-state index >= 15 is 0 Å². The molecule has 0 radical (unpaired) electrons. The van der Waals surface area contributed by atoms with Gasteiger partial charge in [0.1, 0.15) is 11.9 Å². The molecule has 0 aliphatic heterocycles. The van der Waals surface area contributed by atoms with Crippen molar-refractivity contribution in [3.63, 3.8) is 0 Å². The number of halogens is 2. The van der Waals surface area contributed by atoms with Crippen molar-refractivity contribution in [1.29, 1.82) is 5.26 Å². The van der Waals surface area contributed by atoms with Crippen molar-refractivity contribution in [2.45, 2.75) is 19.9 Å². The van der Waals surface area contributed by atoms with E-state index < -0.39 is 11.9 Å². The predicted molar refractivity (Wildman–Crippen MR) is 62.6 cm³/mol. The van der Waals surface area contributed by atoms with Gasteiger partial charge in [0.05, 0.1) is 6.07 Å². The average Bonchev–Trinajstić information content (AvgIpc) is 2.21. The predicted octanol–water partition coefficient (Wildman–Crippen LogP) is 3.29. The minimum Gasteiger partial charge on any atom is -0.298 e. The summed E-state index contributed by atoms with van der Waals surface area (Å²) in [7, 11) is 0. The highest BCUT2D eigenvalue weighted by atomic mass is 35.5. The smallest absolute Gasteiger partial charge is 0.124 e. The number of benzene rings is 1. The average molecular weight is 241 g/mol. The fourth-order valence-corrected chi connectivity index (χ4v) is 1.59. The van der Waals surface area contributed by atoms with Gasteiger partial charge in [-0.15, -0.1) is 0 Å². The first kappa shape index (κ1) is 13.0. The summed E-state index contributed by atoms with van der Waals surface area (Å²) in [6, 6.07) is 5.69. The number of rotatable bonds is 4. The molecular formula is C12H14ClFN2. The highest BCUT2D eigenvalue weighted by molar-refractivity contribution is 6.31. The Balaban J connectivity index is 2.84. The van der Waals surface area contributed by atoms with Gasteiger partial charge in [-0.3, -0.25) is 5.32 Å². The minimum absolute atomic E-state index is 0.280. The Bertz CT molecular complexity index is 398. The van der Waals surface area contributed by atoms with Crippen LogP contribution in [0.25, 0.3) is 0 Å². The van der Waals surface area contributed by atoms with E-state index in [1.807, 2.05) is 13.8 Å². The molecule has 0 bridgehead atoms. The van der Waals surface area contributed by atoms with Gasteiger partial charge in [-0.05, 0) is 24.6 Å². The topological polar surface area (TPSA) is 35.8 Å². The summed E-state index contributed by atoms with van der Waals surface area (Å²) in [5.74, 6) is 0.0457. The van der Waals surface area contributed by atoms with Crippen molar-refractivity contribution in [1.82, 2.24) is 5.32 Å². The molecule has 1 unspecified atom stereocenters. The Labute approximate surface area is 100 Å².